The van der Waals surface area contributed by atoms with E-state index in [1.807, 2.05) is 14.0 Å². The molecule has 0 radical (unpaired) electrons. The van der Waals surface area contributed by atoms with Crippen LogP contribution in [-0.4, -0.2) is 23.6 Å². The first-order chi connectivity index (χ1) is 8.52. The molecule has 18 heavy (non-hydrogen) atoms. The highest BCUT2D eigenvalue weighted by molar-refractivity contribution is 14.1. The zero-order chi connectivity index (χ0) is 13.8. The van der Waals surface area contributed by atoms with E-state index in [0.717, 1.165) is 33.7 Å². The zero-order valence-electron chi connectivity index (χ0n) is 11.8. The first kappa shape index (κ1) is 15.6. The molecule has 0 aliphatic carbocycles. The van der Waals surface area contributed by atoms with Gasteiger partial charge in [0.1, 0.15) is 11.4 Å². The van der Waals surface area contributed by atoms with Crippen molar-refractivity contribution in [2.75, 3.05) is 19.0 Å². The van der Waals surface area contributed by atoms with Crippen LogP contribution in [0.25, 0.3) is 0 Å². The third kappa shape index (κ3) is 3.12. The Bertz CT molecular complexity index is 386. The summed E-state index contributed by atoms with van der Waals surface area (Å²) in [6.07, 6.45) is 1.75. The average molecular weight is 363 g/mol. The molecule has 0 spiro atoms. The SMILES string of the molecule is CCOC(C)(CC)c1nc(CC)c(I)c(NC)n1. The van der Waals surface area contributed by atoms with E-state index in [2.05, 4.69) is 58.6 Å². The van der Waals surface area contributed by atoms with Crippen LogP contribution in [0.3, 0.4) is 0 Å². The topological polar surface area (TPSA) is 47.0 Å². The van der Waals surface area contributed by atoms with E-state index < -0.39 is 5.60 Å². The summed E-state index contributed by atoms with van der Waals surface area (Å²) in [6, 6.07) is 0. The lowest BCUT2D eigenvalue weighted by molar-refractivity contribution is -0.0391. The van der Waals surface area contributed by atoms with E-state index in [4.69, 9.17) is 4.74 Å². The van der Waals surface area contributed by atoms with Gasteiger partial charge in [-0.3, -0.25) is 0 Å². The van der Waals surface area contributed by atoms with E-state index in [1.165, 1.54) is 0 Å². The zero-order valence-corrected chi connectivity index (χ0v) is 14.0. The molecule has 102 valence electrons. The number of anilines is 1. The van der Waals surface area contributed by atoms with E-state index in [0.29, 0.717) is 6.61 Å². The number of hydrogen-bond acceptors (Lipinski definition) is 4. The van der Waals surface area contributed by atoms with Crippen molar-refractivity contribution >= 4 is 28.4 Å². The lowest BCUT2D eigenvalue weighted by atomic mass is 10.0. The molecule has 0 saturated heterocycles. The molecular formula is C13H22IN3O. The standard InChI is InChI=1S/C13H22IN3O/c1-6-9-10(14)11(15-5)17-12(16-9)13(4,7-2)18-8-3/h6-8H2,1-5H3,(H,15,16,17). The lowest BCUT2D eigenvalue weighted by Gasteiger charge is -2.27. The van der Waals surface area contributed by atoms with Crippen LogP contribution >= 0.6 is 22.6 Å². The van der Waals surface area contributed by atoms with Crippen LogP contribution in [0.5, 0.6) is 0 Å². The van der Waals surface area contributed by atoms with Gasteiger partial charge in [0.15, 0.2) is 5.82 Å². The molecule has 0 aliphatic heterocycles. The van der Waals surface area contributed by atoms with Gasteiger partial charge in [-0.2, -0.15) is 0 Å². The van der Waals surface area contributed by atoms with Crippen molar-refractivity contribution in [3.63, 3.8) is 0 Å². The Hall–Kier alpha value is -0.430. The van der Waals surface area contributed by atoms with Crippen LogP contribution in [0.4, 0.5) is 5.82 Å². The summed E-state index contributed by atoms with van der Waals surface area (Å²) in [6.45, 7) is 8.92. The summed E-state index contributed by atoms with van der Waals surface area (Å²) in [5.74, 6) is 1.66. The number of rotatable bonds is 6. The molecule has 0 bridgehead atoms. The molecular weight excluding hydrogens is 341 g/mol. The molecule has 1 unspecified atom stereocenters. The fraction of sp³-hybridized carbons (Fsp3) is 0.692. The molecule has 0 aliphatic rings. The minimum absolute atomic E-state index is 0.408. The van der Waals surface area contributed by atoms with Crippen LogP contribution in [0, 0.1) is 3.57 Å². The van der Waals surface area contributed by atoms with E-state index in [1.54, 1.807) is 0 Å². The summed E-state index contributed by atoms with van der Waals surface area (Å²) in [4.78, 5) is 9.28. The van der Waals surface area contributed by atoms with Crippen LogP contribution in [0.1, 0.15) is 45.6 Å². The quantitative estimate of drug-likeness (QED) is 0.788. The Labute approximate surface area is 123 Å². The molecule has 0 fully saturated rings. The van der Waals surface area contributed by atoms with Crippen LogP contribution in [0.15, 0.2) is 0 Å². The Kier molecular flexibility index (Phi) is 5.78. The number of nitrogens with zero attached hydrogens (tertiary/aromatic N) is 2. The Morgan fingerprint density at radius 1 is 1.28 bits per heavy atom. The fourth-order valence-corrected chi connectivity index (χ4v) is 2.67. The van der Waals surface area contributed by atoms with Gasteiger partial charge >= 0.3 is 0 Å². The third-order valence-electron chi connectivity index (χ3n) is 3.10. The van der Waals surface area contributed by atoms with Gasteiger partial charge in [0.2, 0.25) is 0 Å². The van der Waals surface area contributed by atoms with Gasteiger partial charge in [0, 0.05) is 13.7 Å². The number of nitrogens with one attached hydrogen (secondary N) is 1. The molecule has 1 rings (SSSR count). The maximum Gasteiger partial charge on any atom is 0.162 e. The largest absolute Gasteiger partial charge is 0.372 e. The summed E-state index contributed by atoms with van der Waals surface area (Å²) in [5, 5.41) is 3.13. The van der Waals surface area contributed by atoms with Gasteiger partial charge in [-0.25, -0.2) is 9.97 Å². The molecule has 1 aromatic heterocycles. The number of ether oxygens (including phenoxy) is 1. The molecule has 1 heterocycles. The average Bonchev–Trinajstić information content (AvgIpc) is 2.39. The maximum absolute atomic E-state index is 5.85. The van der Waals surface area contributed by atoms with Crippen molar-refractivity contribution in [3.05, 3.63) is 15.1 Å². The normalized spacial score (nSPS) is 14.3. The van der Waals surface area contributed by atoms with E-state index in [-0.39, 0.29) is 0 Å². The van der Waals surface area contributed by atoms with Crippen molar-refractivity contribution in [1.29, 1.82) is 0 Å². The molecule has 5 heteroatoms. The number of aryl methyl sites for hydroxylation is 1. The highest BCUT2D eigenvalue weighted by Gasteiger charge is 2.29. The van der Waals surface area contributed by atoms with E-state index >= 15 is 0 Å². The van der Waals surface area contributed by atoms with Crippen molar-refractivity contribution in [1.82, 2.24) is 9.97 Å². The predicted molar refractivity (Wildman–Crippen MR) is 82.9 cm³/mol. The number of hydrogen-bond donors (Lipinski definition) is 1. The molecule has 0 aromatic carbocycles. The van der Waals surface area contributed by atoms with Gasteiger partial charge < -0.3 is 10.1 Å². The Morgan fingerprint density at radius 2 is 1.94 bits per heavy atom. The first-order valence-electron chi connectivity index (χ1n) is 6.40. The lowest BCUT2D eigenvalue weighted by Crippen LogP contribution is -2.29. The summed E-state index contributed by atoms with van der Waals surface area (Å²) >= 11 is 2.29. The van der Waals surface area contributed by atoms with Gasteiger partial charge in [0.25, 0.3) is 0 Å². The highest BCUT2D eigenvalue weighted by Crippen LogP contribution is 2.29. The second kappa shape index (κ2) is 6.65. The summed E-state index contributed by atoms with van der Waals surface area (Å²) < 4.78 is 6.94. The first-order valence-corrected chi connectivity index (χ1v) is 7.48. The molecule has 4 nitrogen and oxygen atoms in total. The van der Waals surface area contributed by atoms with Crippen LogP contribution < -0.4 is 5.32 Å². The summed E-state index contributed by atoms with van der Waals surface area (Å²) in [5.41, 5.74) is 0.665. The van der Waals surface area contributed by atoms with Gasteiger partial charge in [-0.15, -0.1) is 0 Å². The highest BCUT2D eigenvalue weighted by atomic mass is 127. The predicted octanol–water partition coefficient (Wildman–Crippen LogP) is 3.35. The Morgan fingerprint density at radius 3 is 2.39 bits per heavy atom. The minimum atomic E-state index is -0.408. The van der Waals surface area contributed by atoms with Gasteiger partial charge in [-0.1, -0.05) is 13.8 Å². The number of halogens is 1. The van der Waals surface area contributed by atoms with Crippen LogP contribution in [0.2, 0.25) is 0 Å². The van der Waals surface area contributed by atoms with Crippen molar-refractivity contribution < 1.29 is 4.74 Å². The molecule has 0 amide bonds. The summed E-state index contributed by atoms with van der Waals surface area (Å²) in [7, 11) is 1.89. The molecule has 1 aromatic rings. The molecule has 1 N–H and O–H groups in total. The second-order valence-electron chi connectivity index (χ2n) is 4.28. The monoisotopic (exact) mass is 363 g/mol. The fourth-order valence-electron chi connectivity index (χ4n) is 1.77. The van der Waals surface area contributed by atoms with E-state index in [9.17, 15) is 0 Å². The van der Waals surface area contributed by atoms with Crippen molar-refractivity contribution in [2.24, 2.45) is 0 Å². The maximum atomic E-state index is 5.85. The Balaban J connectivity index is 3.31. The van der Waals surface area contributed by atoms with Crippen molar-refractivity contribution in [3.8, 4) is 0 Å². The smallest absolute Gasteiger partial charge is 0.162 e. The number of aromatic nitrogens is 2. The molecule has 0 saturated carbocycles. The van der Waals surface area contributed by atoms with Gasteiger partial charge in [-0.05, 0) is 49.3 Å². The van der Waals surface area contributed by atoms with Crippen LogP contribution in [-0.2, 0) is 16.8 Å². The van der Waals surface area contributed by atoms with Crippen molar-refractivity contribution in [2.45, 2.75) is 46.1 Å². The third-order valence-corrected chi connectivity index (χ3v) is 4.24. The minimum Gasteiger partial charge on any atom is -0.372 e. The second-order valence-corrected chi connectivity index (χ2v) is 5.36. The van der Waals surface area contributed by atoms with Gasteiger partial charge in [0.05, 0.1) is 9.26 Å². The molecule has 1 atom stereocenters.